The molecule has 1 saturated heterocycles. The number of amides is 3. The van der Waals surface area contributed by atoms with Gasteiger partial charge in [0.1, 0.15) is 0 Å². The lowest BCUT2D eigenvalue weighted by molar-refractivity contribution is -0.144. The lowest BCUT2D eigenvalue weighted by Crippen LogP contribution is -2.53. The van der Waals surface area contributed by atoms with E-state index in [1.807, 2.05) is 0 Å². The first-order valence-electron chi connectivity index (χ1n) is 7.15. The molecule has 8 nitrogen and oxygen atoms in total. The second kappa shape index (κ2) is 7.77. The van der Waals surface area contributed by atoms with Gasteiger partial charge >= 0.3 is 17.9 Å². The summed E-state index contributed by atoms with van der Waals surface area (Å²) in [6.07, 6.45) is 1.07. The van der Waals surface area contributed by atoms with Crippen molar-refractivity contribution in [2.24, 2.45) is 0 Å². The van der Waals surface area contributed by atoms with Gasteiger partial charge in [-0.2, -0.15) is 0 Å². The zero-order chi connectivity index (χ0) is 16.8. The van der Waals surface area contributed by atoms with Crippen LogP contribution >= 0.6 is 11.6 Å². The standard InChI is InChI=1S/C14H17ClN4O4/c1-2-23-14(22)19-8-6-18(7-9-19)13(21)12(20)17-10-4-3-5-16-11(10)15/h3-5H,2,6-9H2,1H3,(H,17,20). The monoisotopic (exact) mass is 340 g/mol. The van der Waals surface area contributed by atoms with Gasteiger partial charge in [0, 0.05) is 32.4 Å². The van der Waals surface area contributed by atoms with Crippen LogP contribution in [0, 0.1) is 0 Å². The van der Waals surface area contributed by atoms with E-state index in [-0.39, 0.29) is 23.9 Å². The molecule has 0 bridgehead atoms. The summed E-state index contributed by atoms with van der Waals surface area (Å²) in [7, 11) is 0. The number of rotatable bonds is 2. The minimum absolute atomic E-state index is 0.112. The first-order valence-corrected chi connectivity index (χ1v) is 7.53. The van der Waals surface area contributed by atoms with E-state index in [1.54, 1.807) is 19.1 Å². The molecule has 23 heavy (non-hydrogen) atoms. The summed E-state index contributed by atoms with van der Waals surface area (Å²) in [5.74, 6) is -1.46. The minimum Gasteiger partial charge on any atom is -0.450 e. The number of ether oxygens (including phenoxy) is 1. The average Bonchev–Trinajstić information content (AvgIpc) is 2.56. The Labute approximate surface area is 138 Å². The topological polar surface area (TPSA) is 91.8 Å². The molecule has 124 valence electrons. The Kier molecular flexibility index (Phi) is 5.75. The van der Waals surface area contributed by atoms with Gasteiger partial charge in [0.15, 0.2) is 5.15 Å². The molecule has 1 aliphatic rings. The fourth-order valence-electron chi connectivity index (χ4n) is 2.11. The first kappa shape index (κ1) is 17.0. The van der Waals surface area contributed by atoms with Gasteiger partial charge in [0.2, 0.25) is 0 Å². The Morgan fingerprint density at radius 2 is 1.91 bits per heavy atom. The van der Waals surface area contributed by atoms with Crippen LogP contribution in [0.4, 0.5) is 10.5 Å². The van der Waals surface area contributed by atoms with Crippen molar-refractivity contribution >= 4 is 35.2 Å². The molecule has 1 aromatic heterocycles. The van der Waals surface area contributed by atoms with Crippen LogP contribution in [-0.4, -0.2) is 65.5 Å². The van der Waals surface area contributed by atoms with E-state index in [0.29, 0.717) is 19.7 Å². The van der Waals surface area contributed by atoms with Crippen LogP contribution in [-0.2, 0) is 14.3 Å². The molecular weight excluding hydrogens is 324 g/mol. The van der Waals surface area contributed by atoms with Crippen molar-refractivity contribution in [1.82, 2.24) is 14.8 Å². The molecule has 0 aliphatic carbocycles. The van der Waals surface area contributed by atoms with Crippen molar-refractivity contribution < 1.29 is 19.1 Å². The molecule has 0 aromatic carbocycles. The van der Waals surface area contributed by atoms with Crippen LogP contribution in [0.15, 0.2) is 18.3 Å². The molecule has 0 saturated carbocycles. The highest BCUT2D eigenvalue weighted by molar-refractivity contribution is 6.41. The highest BCUT2D eigenvalue weighted by Gasteiger charge is 2.28. The Balaban J connectivity index is 1.88. The van der Waals surface area contributed by atoms with E-state index >= 15 is 0 Å². The summed E-state index contributed by atoms with van der Waals surface area (Å²) >= 11 is 5.83. The van der Waals surface area contributed by atoms with Gasteiger partial charge in [-0.25, -0.2) is 9.78 Å². The second-order valence-electron chi connectivity index (χ2n) is 4.77. The van der Waals surface area contributed by atoms with Gasteiger partial charge in [-0.15, -0.1) is 0 Å². The zero-order valence-corrected chi connectivity index (χ0v) is 13.4. The molecule has 1 N–H and O–H groups in total. The van der Waals surface area contributed by atoms with Crippen molar-refractivity contribution in [1.29, 1.82) is 0 Å². The fourth-order valence-corrected chi connectivity index (χ4v) is 2.27. The number of nitrogens with zero attached hydrogens (tertiary/aromatic N) is 3. The number of carbonyl (C=O) groups is 3. The number of anilines is 1. The summed E-state index contributed by atoms with van der Waals surface area (Å²) in [6, 6.07) is 3.16. The normalized spacial score (nSPS) is 14.3. The molecule has 2 rings (SSSR count). The summed E-state index contributed by atoms with van der Waals surface area (Å²) in [4.78, 5) is 42.4. The van der Waals surface area contributed by atoms with Gasteiger partial charge in [-0.1, -0.05) is 11.6 Å². The largest absolute Gasteiger partial charge is 0.450 e. The molecule has 9 heteroatoms. The van der Waals surface area contributed by atoms with E-state index in [4.69, 9.17) is 16.3 Å². The predicted molar refractivity (Wildman–Crippen MR) is 83.1 cm³/mol. The van der Waals surface area contributed by atoms with Gasteiger partial charge in [-0.05, 0) is 19.1 Å². The van der Waals surface area contributed by atoms with E-state index in [2.05, 4.69) is 10.3 Å². The van der Waals surface area contributed by atoms with E-state index in [1.165, 1.54) is 16.0 Å². The molecule has 0 radical (unpaired) electrons. The second-order valence-corrected chi connectivity index (χ2v) is 5.13. The van der Waals surface area contributed by atoms with Crippen molar-refractivity contribution in [3.8, 4) is 0 Å². The zero-order valence-electron chi connectivity index (χ0n) is 12.6. The maximum Gasteiger partial charge on any atom is 0.409 e. The van der Waals surface area contributed by atoms with E-state index in [0.717, 1.165) is 0 Å². The molecule has 0 unspecified atom stereocenters. The third-order valence-corrected chi connectivity index (χ3v) is 3.60. The Morgan fingerprint density at radius 3 is 2.52 bits per heavy atom. The van der Waals surface area contributed by atoms with E-state index in [9.17, 15) is 14.4 Å². The van der Waals surface area contributed by atoms with Crippen LogP contribution in [0.1, 0.15) is 6.92 Å². The van der Waals surface area contributed by atoms with Crippen molar-refractivity contribution in [2.45, 2.75) is 6.92 Å². The Bertz CT molecular complexity index is 602. The number of carbonyl (C=O) groups excluding carboxylic acids is 3. The number of halogens is 1. The number of pyridine rings is 1. The van der Waals surface area contributed by atoms with Crippen LogP contribution in [0.2, 0.25) is 5.15 Å². The number of piperazine rings is 1. The van der Waals surface area contributed by atoms with Gasteiger partial charge in [0.25, 0.3) is 0 Å². The first-order chi connectivity index (χ1) is 11.0. The number of nitrogens with one attached hydrogen (secondary N) is 1. The number of hydrogen-bond donors (Lipinski definition) is 1. The van der Waals surface area contributed by atoms with Crippen molar-refractivity contribution in [2.75, 3.05) is 38.1 Å². The summed E-state index contributed by atoms with van der Waals surface area (Å²) in [5.41, 5.74) is 0.276. The third kappa shape index (κ3) is 4.32. The SMILES string of the molecule is CCOC(=O)N1CCN(C(=O)C(=O)Nc2cccnc2Cl)CC1. The number of aromatic nitrogens is 1. The lowest BCUT2D eigenvalue weighted by atomic mass is 10.3. The summed E-state index contributed by atoms with van der Waals surface area (Å²) in [5, 5.41) is 2.54. The molecule has 1 aromatic rings. The van der Waals surface area contributed by atoms with Crippen LogP contribution in [0.25, 0.3) is 0 Å². The molecule has 1 fully saturated rings. The Hall–Kier alpha value is -2.35. The minimum atomic E-state index is -0.788. The smallest absolute Gasteiger partial charge is 0.409 e. The summed E-state index contributed by atoms with van der Waals surface area (Å²) < 4.78 is 4.90. The van der Waals surface area contributed by atoms with E-state index < -0.39 is 17.9 Å². The number of hydrogen-bond acceptors (Lipinski definition) is 5. The average molecular weight is 341 g/mol. The maximum absolute atomic E-state index is 12.1. The van der Waals surface area contributed by atoms with Crippen LogP contribution in [0.3, 0.4) is 0 Å². The van der Waals surface area contributed by atoms with Gasteiger partial charge < -0.3 is 19.9 Å². The Morgan fingerprint density at radius 1 is 1.26 bits per heavy atom. The van der Waals surface area contributed by atoms with Gasteiger partial charge in [-0.3, -0.25) is 9.59 Å². The molecular formula is C14H17ClN4O4. The molecule has 1 aliphatic heterocycles. The maximum atomic E-state index is 12.1. The van der Waals surface area contributed by atoms with Crippen LogP contribution in [0.5, 0.6) is 0 Å². The van der Waals surface area contributed by atoms with Crippen molar-refractivity contribution in [3.63, 3.8) is 0 Å². The lowest BCUT2D eigenvalue weighted by Gasteiger charge is -2.33. The molecule has 0 spiro atoms. The highest BCUT2D eigenvalue weighted by Crippen LogP contribution is 2.17. The molecule has 3 amide bonds. The molecule has 0 atom stereocenters. The predicted octanol–water partition coefficient (Wildman–Crippen LogP) is 0.974. The fraction of sp³-hybridized carbons (Fsp3) is 0.429. The van der Waals surface area contributed by atoms with Crippen molar-refractivity contribution in [3.05, 3.63) is 23.5 Å². The summed E-state index contributed by atoms with van der Waals surface area (Å²) in [6.45, 7) is 3.21. The third-order valence-electron chi connectivity index (χ3n) is 3.29. The quantitative estimate of drug-likeness (QED) is 0.640. The highest BCUT2D eigenvalue weighted by atomic mass is 35.5. The van der Waals surface area contributed by atoms with Gasteiger partial charge in [0.05, 0.1) is 12.3 Å². The molecule has 2 heterocycles. The van der Waals surface area contributed by atoms with Crippen LogP contribution < -0.4 is 5.32 Å².